The van der Waals surface area contributed by atoms with Gasteiger partial charge in [0.2, 0.25) is 0 Å². The number of aromatic nitrogens is 2. The number of carbonyl (C=O) groups excluding carboxylic acids is 1. The zero-order valence-corrected chi connectivity index (χ0v) is 10.1. The van der Waals surface area contributed by atoms with Crippen LogP contribution in [0, 0.1) is 0 Å². The van der Waals surface area contributed by atoms with Gasteiger partial charge in [0.15, 0.2) is 6.10 Å². The smallest absolute Gasteiger partial charge is 0.336 e. The van der Waals surface area contributed by atoms with Crippen LogP contribution in [0.25, 0.3) is 0 Å². The number of carbonyl (C=O) groups is 1. The zero-order chi connectivity index (χ0) is 12.3. The van der Waals surface area contributed by atoms with Gasteiger partial charge in [-0.25, -0.2) is 14.8 Å². The Morgan fingerprint density at radius 3 is 3.18 bits per heavy atom. The van der Waals surface area contributed by atoms with Crippen LogP contribution in [0.2, 0.25) is 5.15 Å². The highest BCUT2D eigenvalue weighted by Crippen LogP contribution is 2.17. The molecule has 1 saturated heterocycles. The van der Waals surface area contributed by atoms with E-state index in [1.54, 1.807) is 6.07 Å². The molecule has 0 aliphatic carbocycles. The third-order valence-corrected chi connectivity index (χ3v) is 2.68. The van der Waals surface area contributed by atoms with Crippen LogP contribution in [0.3, 0.4) is 0 Å². The van der Waals surface area contributed by atoms with Crippen molar-refractivity contribution < 1.29 is 14.3 Å². The highest BCUT2D eigenvalue weighted by Gasteiger charge is 2.28. The largest absolute Gasteiger partial charge is 0.467 e. The first-order valence-corrected chi connectivity index (χ1v) is 5.50. The molecule has 0 saturated carbocycles. The van der Waals surface area contributed by atoms with Crippen molar-refractivity contribution in [3.05, 3.63) is 17.5 Å². The fourth-order valence-electron chi connectivity index (χ4n) is 1.63. The minimum atomic E-state index is -0.581. The first-order chi connectivity index (χ1) is 8.20. The van der Waals surface area contributed by atoms with E-state index >= 15 is 0 Å². The molecule has 92 valence electrons. The second-order valence-corrected chi connectivity index (χ2v) is 3.91. The number of halogens is 1. The third kappa shape index (κ3) is 2.83. The summed E-state index contributed by atoms with van der Waals surface area (Å²) in [5.74, 6) is 0.303. The van der Waals surface area contributed by atoms with E-state index in [4.69, 9.17) is 16.3 Å². The van der Waals surface area contributed by atoms with E-state index in [1.807, 2.05) is 4.90 Å². The molecular formula is C10H12ClN3O3. The summed E-state index contributed by atoms with van der Waals surface area (Å²) in [5.41, 5.74) is 0. The number of hydrogen-bond donors (Lipinski definition) is 0. The van der Waals surface area contributed by atoms with E-state index in [0.29, 0.717) is 30.7 Å². The minimum absolute atomic E-state index is 0.371. The van der Waals surface area contributed by atoms with Gasteiger partial charge >= 0.3 is 5.97 Å². The summed E-state index contributed by atoms with van der Waals surface area (Å²) in [6, 6.07) is 1.65. The molecule has 1 aliphatic heterocycles. The van der Waals surface area contributed by atoms with Crippen LogP contribution < -0.4 is 4.90 Å². The lowest BCUT2D eigenvalue weighted by Crippen LogP contribution is -2.46. The Morgan fingerprint density at radius 1 is 1.65 bits per heavy atom. The molecule has 0 N–H and O–H groups in total. The Morgan fingerprint density at radius 2 is 2.47 bits per heavy atom. The van der Waals surface area contributed by atoms with Crippen molar-refractivity contribution in [2.75, 3.05) is 31.7 Å². The molecule has 7 heteroatoms. The number of nitrogens with zero attached hydrogens (tertiary/aromatic N) is 3. The molecular weight excluding hydrogens is 246 g/mol. The number of methoxy groups -OCH3 is 1. The monoisotopic (exact) mass is 257 g/mol. The first-order valence-electron chi connectivity index (χ1n) is 5.12. The van der Waals surface area contributed by atoms with Crippen molar-refractivity contribution >= 4 is 23.4 Å². The summed E-state index contributed by atoms with van der Waals surface area (Å²) in [6.07, 6.45) is 0.808. The van der Waals surface area contributed by atoms with Crippen LogP contribution in [-0.4, -0.2) is 48.8 Å². The number of ether oxygens (including phenoxy) is 2. The molecule has 6 nitrogen and oxygen atoms in total. The fourth-order valence-corrected chi connectivity index (χ4v) is 1.77. The Balaban J connectivity index is 2.09. The average Bonchev–Trinajstić information content (AvgIpc) is 2.38. The molecule has 0 bridgehead atoms. The normalized spacial score (nSPS) is 20.1. The quantitative estimate of drug-likeness (QED) is 0.568. The fraction of sp³-hybridized carbons (Fsp3) is 0.500. The molecule has 2 rings (SSSR count). The Bertz CT molecular complexity index is 416. The standard InChI is InChI=1S/C10H12ClN3O3/c1-16-10(15)7-5-14(2-3-17-7)9-4-8(11)12-6-13-9/h4,6-7H,2-3,5H2,1H3. The maximum Gasteiger partial charge on any atom is 0.336 e. The predicted octanol–water partition coefficient (Wildman–Crippen LogP) is 0.508. The van der Waals surface area contributed by atoms with E-state index < -0.39 is 6.10 Å². The van der Waals surface area contributed by atoms with Crippen molar-refractivity contribution in [1.82, 2.24) is 9.97 Å². The van der Waals surface area contributed by atoms with E-state index in [2.05, 4.69) is 14.7 Å². The first kappa shape index (κ1) is 12.1. The molecule has 0 radical (unpaired) electrons. The topological polar surface area (TPSA) is 64.5 Å². The van der Waals surface area contributed by atoms with Crippen LogP contribution in [0.4, 0.5) is 5.82 Å². The highest BCUT2D eigenvalue weighted by molar-refractivity contribution is 6.29. The zero-order valence-electron chi connectivity index (χ0n) is 9.30. The summed E-state index contributed by atoms with van der Waals surface area (Å²) >= 11 is 5.79. The van der Waals surface area contributed by atoms with Gasteiger partial charge in [-0.3, -0.25) is 0 Å². The second kappa shape index (κ2) is 5.29. The summed E-state index contributed by atoms with van der Waals surface area (Å²) in [6.45, 7) is 1.50. The molecule has 0 spiro atoms. The van der Waals surface area contributed by atoms with Gasteiger partial charge in [0.25, 0.3) is 0 Å². The number of hydrogen-bond acceptors (Lipinski definition) is 6. The molecule has 0 aromatic carbocycles. The van der Waals surface area contributed by atoms with E-state index in [-0.39, 0.29) is 5.97 Å². The molecule has 1 unspecified atom stereocenters. The van der Waals surface area contributed by atoms with Gasteiger partial charge in [-0.2, -0.15) is 0 Å². The average molecular weight is 258 g/mol. The van der Waals surface area contributed by atoms with Crippen LogP contribution in [0.15, 0.2) is 12.4 Å². The predicted molar refractivity (Wildman–Crippen MR) is 61.0 cm³/mol. The van der Waals surface area contributed by atoms with Gasteiger partial charge in [-0.15, -0.1) is 0 Å². The molecule has 2 heterocycles. The molecule has 1 aliphatic rings. The van der Waals surface area contributed by atoms with E-state index in [1.165, 1.54) is 13.4 Å². The van der Waals surface area contributed by atoms with Crippen molar-refractivity contribution in [2.45, 2.75) is 6.10 Å². The van der Waals surface area contributed by atoms with Gasteiger partial charge in [-0.05, 0) is 0 Å². The van der Waals surface area contributed by atoms with Crippen molar-refractivity contribution in [2.24, 2.45) is 0 Å². The maximum atomic E-state index is 11.4. The Hall–Kier alpha value is -1.40. The Kier molecular flexibility index (Phi) is 3.75. The molecule has 1 atom stereocenters. The molecule has 1 aromatic heterocycles. The van der Waals surface area contributed by atoms with E-state index in [9.17, 15) is 4.79 Å². The highest BCUT2D eigenvalue weighted by atomic mass is 35.5. The second-order valence-electron chi connectivity index (χ2n) is 3.53. The molecule has 1 fully saturated rings. The number of rotatable bonds is 2. The Labute approximate surface area is 104 Å². The van der Waals surface area contributed by atoms with Gasteiger partial charge in [-0.1, -0.05) is 11.6 Å². The summed E-state index contributed by atoms with van der Waals surface area (Å²) in [5, 5.41) is 0.371. The van der Waals surface area contributed by atoms with Crippen LogP contribution in [0.5, 0.6) is 0 Å². The number of morpholine rings is 1. The summed E-state index contributed by atoms with van der Waals surface area (Å²) in [4.78, 5) is 21.2. The van der Waals surface area contributed by atoms with Gasteiger partial charge in [0, 0.05) is 12.6 Å². The molecule has 1 aromatic rings. The third-order valence-electron chi connectivity index (χ3n) is 2.47. The van der Waals surface area contributed by atoms with E-state index in [0.717, 1.165) is 0 Å². The van der Waals surface area contributed by atoms with Crippen molar-refractivity contribution in [1.29, 1.82) is 0 Å². The summed E-state index contributed by atoms with van der Waals surface area (Å²) in [7, 11) is 1.34. The van der Waals surface area contributed by atoms with Crippen molar-refractivity contribution in [3.8, 4) is 0 Å². The number of esters is 1. The SMILES string of the molecule is COC(=O)C1CN(c2cc(Cl)ncn2)CCO1. The molecule has 0 amide bonds. The molecule has 17 heavy (non-hydrogen) atoms. The van der Waals surface area contributed by atoms with Crippen LogP contribution in [0.1, 0.15) is 0 Å². The van der Waals surface area contributed by atoms with Gasteiger partial charge < -0.3 is 14.4 Å². The number of anilines is 1. The van der Waals surface area contributed by atoms with Crippen molar-refractivity contribution in [3.63, 3.8) is 0 Å². The summed E-state index contributed by atoms with van der Waals surface area (Å²) < 4.78 is 9.97. The van der Waals surface area contributed by atoms with Crippen LogP contribution in [-0.2, 0) is 14.3 Å². The minimum Gasteiger partial charge on any atom is -0.467 e. The maximum absolute atomic E-state index is 11.4. The van der Waals surface area contributed by atoms with Gasteiger partial charge in [0.1, 0.15) is 17.3 Å². The van der Waals surface area contributed by atoms with Crippen LogP contribution >= 0.6 is 11.6 Å². The lowest BCUT2D eigenvalue weighted by atomic mass is 10.2. The lowest BCUT2D eigenvalue weighted by Gasteiger charge is -2.32. The lowest BCUT2D eigenvalue weighted by molar-refractivity contribution is -0.154. The van der Waals surface area contributed by atoms with Gasteiger partial charge in [0.05, 0.1) is 20.3 Å².